The van der Waals surface area contributed by atoms with Gasteiger partial charge in [0, 0.05) is 0 Å². The highest BCUT2D eigenvalue weighted by molar-refractivity contribution is 5.42. The minimum Gasteiger partial charge on any atom is -0.387 e. The van der Waals surface area contributed by atoms with Crippen molar-refractivity contribution in [2.45, 2.75) is 26.7 Å². The van der Waals surface area contributed by atoms with Gasteiger partial charge in [0.15, 0.2) is 0 Å². The van der Waals surface area contributed by atoms with Gasteiger partial charge in [0.1, 0.15) is 5.75 Å². The number of nitriles is 1. The van der Waals surface area contributed by atoms with Crippen molar-refractivity contribution in [1.82, 2.24) is 0 Å². The Bertz CT molecular complexity index is 303. The Hall–Kier alpha value is -1.49. The Morgan fingerprint density at radius 3 is 2.15 bits per heavy atom. The molecule has 1 aromatic rings. The number of benzene rings is 1. The summed E-state index contributed by atoms with van der Waals surface area (Å²) < 4.78 is 4.96. The minimum absolute atomic E-state index is 0.745. The zero-order valence-electron chi connectivity index (χ0n) is 8.00. The molecule has 0 bridgehead atoms. The lowest BCUT2D eigenvalue weighted by Gasteiger charge is -2.08. The molecule has 0 atom stereocenters. The largest absolute Gasteiger partial charge is 0.387 e. The summed E-state index contributed by atoms with van der Waals surface area (Å²) in [5.41, 5.74) is 2.20. The standard InChI is InChI=1S/C11H13NO/c1-3-9-6-5-7-10(4-2)11(9)13-8-12/h5-7H,3-4H2,1-2H3. The molecular weight excluding hydrogens is 162 g/mol. The third kappa shape index (κ3) is 2.00. The van der Waals surface area contributed by atoms with E-state index in [-0.39, 0.29) is 0 Å². The van der Waals surface area contributed by atoms with Crippen LogP contribution in [0.4, 0.5) is 0 Å². The molecule has 0 spiro atoms. The van der Waals surface area contributed by atoms with Crippen molar-refractivity contribution in [3.63, 3.8) is 0 Å². The predicted octanol–water partition coefficient (Wildman–Crippen LogP) is 2.67. The molecule has 1 rings (SSSR count). The maximum Gasteiger partial charge on any atom is 0.292 e. The maximum absolute atomic E-state index is 8.49. The van der Waals surface area contributed by atoms with Crippen LogP contribution in [0.25, 0.3) is 0 Å². The van der Waals surface area contributed by atoms with Crippen molar-refractivity contribution >= 4 is 0 Å². The van der Waals surface area contributed by atoms with Gasteiger partial charge in [0.05, 0.1) is 0 Å². The second-order valence-electron chi connectivity index (χ2n) is 2.81. The van der Waals surface area contributed by atoms with E-state index in [4.69, 9.17) is 10.00 Å². The number of hydrogen-bond acceptors (Lipinski definition) is 2. The molecule has 0 aromatic heterocycles. The van der Waals surface area contributed by atoms with Crippen LogP contribution in [0.5, 0.6) is 5.75 Å². The summed E-state index contributed by atoms with van der Waals surface area (Å²) in [6.45, 7) is 4.11. The van der Waals surface area contributed by atoms with Gasteiger partial charge in [0.25, 0.3) is 6.26 Å². The molecule has 0 aliphatic rings. The van der Waals surface area contributed by atoms with Crippen molar-refractivity contribution in [2.75, 3.05) is 0 Å². The van der Waals surface area contributed by atoms with E-state index >= 15 is 0 Å². The number of rotatable bonds is 3. The second-order valence-corrected chi connectivity index (χ2v) is 2.81. The van der Waals surface area contributed by atoms with E-state index < -0.39 is 0 Å². The second kappa shape index (κ2) is 4.51. The van der Waals surface area contributed by atoms with Gasteiger partial charge >= 0.3 is 0 Å². The summed E-state index contributed by atoms with van der Waals surface area (Å²) in [7, 11) is 0. The monoisotopic (exact) mass is 175 g/mol. The highest BCUT2D eigenvalue weighted by Gasteiger charge is 2.06. The molecule has 0 radical (unpaired) electrons. The van der Waals surface area contributed by atoms with Crippen LogP contribution >= 0.6 is 0 Å². The molecule has 0 heterocycles. The lowest BCUT2D eigenvalue weighted by atomic mass is 10.1. The average Bonchev–Trinajstić information content (AvgIpc) is 2.18. The normalized spacial score (nSPS) is 9.31. The minimum atomic E-state index is 0.745. The van der Waals surface area contributed by atoms with Crippen LogP contribution in [0.3, 0.4) is 0 Å². The molecule has 0 unspecified atom stereocenters. The summed E-state index contributed by atoms with van der Waals surface area (Å²) in [4.78, 5) is 0. The highest BCUT2D eigenvalue weighted by atomic mass is 16.5. The van der Waals surface area contributed by atoms with Gasteiger partial charge in [-0.1, -0.05) is 32.0 Å². The lowest BCUT2D eigenvalue weighted by Crippen LogP contribution is -1.94. The first-order valence-electron chi connectivity index (χ1n) is 4.50. The van der Waals surface area contributed by atoms with E-state index in [1.165, 1.54) is 0 Å². The SMILES string of the molecule is CCc1cccc(CC)c1OC#N. The fourth-order valence-electron chi connectivity index (χ4n) is 1.37. The fraction of sp³-hybridized carbons (Fsp3) is 0.364. The number of hydrogen-bond donors (Lipinski definition) is 0. The van der Waals surface area contributed by atoms with Crippen molar-refractivity contribution in [3.05, 3.63) is 29.3 Å². The Morgan fingerprint density at radius 2 is 1.77 bits per heavy atom. The highest BCUT2D eigenvalue weighted by Crippen LogP contribution is 2.24. The van der Waals surface area contributed by atoms with Gasteiger partial charge in [0.2, 0.25) is 0 Å². The van der Waals surface area contributed by atoms with E-state index in [1.807, 2.05) is 18.2 Å². The van der Waals surface area contributed by atoms with Gasteiger partial charge in [-0.3, -0.25) is 0 Å². The molecule has 0 fully saturated rings. The van der Waals surface area contributed by atoms with Gasteiger partial charge in [-0.05, 0) is 24.0 Å². The van der Waals surface area contributed by atoms with Gasteiger partial charge in [-0.25, -0.2) is 0 Å². The maximum atomic E-state index is 8.49. The van der Waals surface area contributed by atoms with Gasteiger partial charge < -0.3 is 4.74 Å². The molecule has 0 amide bonds. The first-order chi connectivity index (χ1) is 6.33. The van der Waals surface area contributed by atoms with E-state index in [0.717, 1.165) is 29.7 Å². The summed E-state index contributed by atoms with van der Waals surface area (Å²) in [5, 5.41) is 8.49. The zero-order valence-corrected chi connectivity index (χ0v) is 8.00. The quantitative estimate of drug-likeness (QED) is 0.661. The first kappa shape index (κ1) is 9.60. The van der Waals surface area contributed by atoms with Gasteiger partial charge in [-0.15, -0.1) is 5.26 Å². The predicted molar refractivity (Wildman–Crippen MR) is 51.4 cm³/mol. The van der Waals surface area contributed by atoms with Crippen molar-refractivity contribution in [3.8, 4) is 12.0 Å². The molecule has 1 aromatic carbocycles. The molecule has 0 saturated heterocycles. The van der Waals surface area contributed by atoms with Crippen LogP contribution in [0.1, 0.15) is 25.0 Å². The van der Waals surface area contributed by atoms with E-state index in [9.17, 15) is 0 Å². The van der Waals surface area contributed by atoms with E-state index in [1.54, 1.807) is 6.26 Å². The summed E-state index contributed by atoms with van der Waals surface area (Å²) in [6.07, 6.45) is 3.52. The summed E-state index contributed by atoms with van der Waals surface area (Å²) in [5.74, 6) is 0.745. The van der Waals surface area contributed by atoms with Crippen LogP contribution in [0.15, 0.2) is 18.2 Å². The van der Waals surface area contributed by atoms with Crippen molar-refractivity contribution < 1.29 is 4.74 Å². The molecule has 0 N–H and O–H groups in total. The lowest BCUT2D eigenvalue weighted by molar-refractivity contribution is 0.494. The first-order valence-corrected chi connectivity index (χ1v) is 4.50. The topological polar surface area (TPSA) is 33.0 Å². The number of ether oxygens (including phenoxy) is 1. The number of nitrogens with zero attached hydrogens (tertiary/aromatic N) is 1. The van der Waals surface area contributed by atoms with E-state index in [0.29, 0.717) is 0 Å². The summed E-state index contributed by atoms with van der Waals surface area (Å²) >= 11 is 0. The van der Waals surface area contributed by atoms with Crippen LogP contribution < -0.4 is 4.74 Å². The van der Waals surface area contributed by atoms with Crippen LogP contribution in [0.2, 0.25) is 0 Å². The van der Waals surface area contributed by atoms with Crippen LogP contribution in [-0.2, 0) is 12.8 Å². The number of aryl methyl sites for hydroxylation is 2. The molecule has 0 saturated carbocycles. The number of para-hydroxylation sites is 1. The third-order valence-corrected chi connectivity index (χ3v) is 2.09. The van der Waals surface area contributed by atoms with E-state index in [2.05, 4.69) is 13.8 Å². The molecule has 2 heteroatoms. The molecule has 2 nitrogen and oxygen atoms in total. The Labute approximate surface area is 78.8 Å². The molecule has 0 aliphatic carbocycles. The van der Waals surface area contributed by atoms with Crippen molar-refractivity contribution in [2.24, 2.45) is 0 Å². The molecule has 13 heavy (non-hydrogen) atoms. The molecular formula is C11H13NO. The fourth-order valence-corrected chi connectivity index (χ4v) is 1.37. The van der Waals surface area contributed by atoms with Crippen LogP contribution in [-0.4, -0.2) is 0 Å². The Balaban J connectivity index is 3.14. The Kier molecular flexibility index (Phi) is 3.33. The van der Waals surface area contributed by atoms with Gasteiger partial charge in [-0.2, -0.15) is 0 Å². The Morgan fingerprint density at radius 1 is 1.23 bits per heavy atom. The zero-order chi connectivity index (χ0) is 9.68. The molecule has 0 aliphatic heterocycles. The molecule has 68 valence electrons. The van der Waals surface area contributed by atoms with Crippen molar-refractivity contribution in [1.29, 1.82) is 5.26 Å². The smallest absolute Gasteiger partial charge is 0.292 e. The average molecular weight is 175 g/mol. The summed E-state index contributed by atoms with van der Waals surface area (Å²) in [6, 6.07) is 5.99. The van der Waals surface area contributed by atoms with Crippen LogP contribution in [0, 0.1) is 11.5 Å². The third-order valence-electron chi connectivity index (χ3n) is 2.09.